The van der Waals surface area contributed by atoms with Gasteiger partial charge in [0.2, 0.25) is 11.6 Å². The molecule has 0 N–H and O–H groups in total. The maximum atomic E-state index is 12.8. The minimum Gasteiger partial charge on any atom is -0.489 e. The van der Waals surface area contributed by atoms with Crippen LogP contribution in [0.2, 0.25) is 0 Å². The van der Waals surface area contributed by atoms with E-state index in [-0.39, 0.29) is 0 Å². The van der Waals surface area contributed by atoms with Crippen LogP contribution in [0.3, 0.4) is 0 Å². The molecule has 4 nitrogen and oxygen atoms in total. The third-order valence-corrected chi connectivity index (χ3v) is 6.88. The van der Waals surface area contributed by atoms with Crippen LogP contribution >= 0.6 is 0 Å². The van der Waals surface area contributed by atoms with Crippen molar-refractivity contribution >= 4 is 33.1 Å². The number of ether oxygens (including phenoxy) is 2. The second-order valence-corrected chi connectivity index (χ2v) is 9.65. The van der Waals surface area contributed by atoms with Crippen molar-refractivity contribution in [1.82, 2.24) is 0 Å². The van der Waals surface area contributed by atoms with Crippen molar-refractivity contribution < 1.29 is 19.1 Å². The summed E-state index contributed by atoms with van der Waals surface area (Å²) >= 11 is 0. The lowest BCUT2D eigenvalue weighted by molar-refractivity contribution is 0.0817. The van der Waals surface area contributed by atoms with E-state index in [1.54, 1.807) is 48.5 Å². The van der Waals surface area contributed by atoms with Crippen molar-refractivity contribution in [3.05, 3.63) is 156 Å². The molecule has 0 aliphatic carbocycles. The molecule has 6 aromatic carbocycles. The van der Waals surface area contributed by atoms with Crippen LogP contribution in [-0.2, 0) is 13.2 Å². The molecule has 0 atom stereocenters. The Bertz CT molecular complexity index is 1680. The number of carbonyl (C=O) groups is 2. The van der Waals surface area contributed by atoms with Gasteiger partial charge in [-0.3, -0.25) is 9.59 Å². The van der Waals surface area contributed by atoms with Gasteiger partial charge in [-0.15, -0.1) is 0 Å². The monoisotopic (exact) mass is 522 g/mol. The molecule has 0 aromatic heterocycles. The molecule has 40 heavy (non-hydrogen) atoms. The number of benzene rings is 6. The highest BCUT2D eigenvalue weighted by Gasteiger charge is 2.18. The van der Waals surface area contributed by atoms with Crippen LogP contribution in [0.5, 0.6) is 11.5 Å². The molecule has 4 heteroatoms. The van der Waals surface area contributed by atoms with Crippen molar-refractivity contribution in [2.24, 2.45) is 0 Å². The Morgan fingerprint density at radius 1 is 0.425 bits per heavy atom. The SMILES string of the molecule is O=C(C(=O)c1ccc(OCc2ccc3ccccc3c2)cc1)c1ccc(OCc2ccc3ccccc3c2)cc1. The van der Waals surface area contributed by atoms with Crippen LogP contribution in [0.1, 0.15) is 31.8 Å². The van der Waals surface area contributed by atoms with Crippen LogP contribution in [0.25, 0.3) is 21.5 Å². The quantitative estimate of drug-likeness (QED) is 0.142. The maximum Gasteiger partial charge on any atom is 0.233 e. The molecule has 0 radical (unpaired) electrons. The largest absolute Gasteiger partial charge is 0.489 e. The van der Waals surface area contributed by atoms with Gasteiger partial charge in [0, 0.05) is 11.1 Å². The number of hydrogen-bond donors (Lipinski definition) is 0. The Balaban J connectivity index is 1.04. The number of carbonyl (C=O) groups excluding carboxylic acids is 2. The van der Waals surface area contributed by atoms with Gasteiger partial charge < -0.3 is 9.47 Å². The minimum atomic E-state index is -0.564. The topological polar surface area (TPSA) is 52.6 Å². The summed E-state index contributed by atoms with van der Waals surface area (Å²) in [7, 11) is 0. The van der Waals surface area contributed by atoms with Crippen molar-refractivity contribution in [1.29, 1.82) is 0 Å². The van der Waals surface area contributed by atoms with Gasteiger partial charge in [-0.05, 0) is 93.3 Å². The highest BCUT2D eigenvalue weighted by atomic mass is 16.5. The molecule has 0 unspecified atom stereocenters. The fraction of sp³-hybridized carbons (Fsp3) is 0.0556. The van der Waals surface area contributed by atoms with E-state index in [4.69, 9.17) is 9.47 Å². The molecule has 0 amide bonds. The Kier molecular flexibility index (Phi) is 7.06. The number of rotatable bonds is 9. The van der Waals surface area contributed by atoms with Gasteiger partial charge in [0.1, 0.15) is 24.7 Å². The van der Waals surface area contributed by atoms with Gasteiger partial charge in [-0.25, -0.2) is 0 Å². The Labute approximate surface area is 232 Å². The molecular weight excluding hydrogens is 496 g/mol. The zero-order chi connectivity index (χ0) is 27.3. The molecule has 0 fully saturated rings. The molecule has 0 aliphatic heterocycles. The molecule has 0 spiro atoms. The summed E-state index contributed by atoms with van der Waals surface area (Å²) in [4.78, 5) is 25.7. The smallest absolute Gasteiger partial charge is 0.233 e. The van der Waals surface area contributed by atoms with Gasteiger partial charge in [0.05, 0.1) is 0 Å². The average Bonchev–Trinajstić information content (AvgIpc) is 3.02. The average molecular weight is 523 g/mol. The Hall–Kier alpha value is -5.22. The van der Waals surface area contributed by atoms with E-state index >= 15 is 0 Å². The lowest BCUT2D eigenvalue weighted by atomic mass is 10.0. The summed E-state index contributed by atoms with van der Waals surface area (Å²) < 4.78 is 11.8. The third-order valence-electron chi connectivity index (χ3n) is 6.88. The van der Waals surface area contributed by atoms with Crippen molar-refractivity contribution in [2.75, 3.05) is 0 Å². The lowest BCUT2D eigenvalue weighted by Crippen LogP contribution is -2.14. The van der Waals surface area contributed by atoms with E-state index in [1.807, 2.05) is 36.4 Å². The number of hydrogen-bond acceptors (Lipinski definition) is 4. The van der Waals surface area contributed by atoms with E-state index in [0.717, 1.165) is 21.9 Å². The highest BCUT2D eigenvalue weighted by Crippen LogP contribution is 2.21. The molecule has 0 saturated carbocycles. The zero-order valence-corrected chi connectivity index (χ0v) is 21.7. The van der Waals surface area contributed by atoms with E-state index < -0.39 is 11.6 Å². The van der Waals surface area contributed by atoms with Gasteiger partial charge in [0.25, 0.3) is 0 Å². The highest BCUT2D eigenvalue weighted by molar-refractivity contribution is 6.49. The summed E-state index contributed by atoms with van der Waals surface area (Å²) in [6, 6.07) is 42.1. The summed E-state index contributed by atoms with van der Waals surface area (Å²) in [5.41, 5.74) is 2.75. The number of Topliss-reactive ketones (excluding diaryl/α,β-unsaturated/α-hetero) is 2. The fourth-order valence-electron chi connectivity index (χ4n) is 4.66. The predicted octanol–water partition coefficient (Wildman–Crippen LogP) is 8.22. The van der Waals surface area contributed by atoms with Crippen LogP contribution in [0, 0.1) is 0 Å². The van der Waals surface area contributed by atoms with Gasteiger partial charge in [-0.2, -0.15) is 0 Å². The molecular formula is C36H26O4. The second kappa shape index (κ2) is 11.3. The van der Waals surface area contributed by atoms with Crippen molar-refractivity contribution in [3.63, 3.8) is 0 Å². The van der Waals surface area contributed by atoms with E-state index in [2.05, 4.69) is 48.5 Å². The summed E-state index contributed by atoms with van der Waals surface area (Å²) in [6.45, 7) is 0.818. The third kappa shape index (κ3) is 5.62. The molecule has 0 aliphatic rings. The normalized spacial score (nSPS) is 10.9. The van der Waals surface area contributed by atoms with Gasteiger partial charge in [-0.1, -0.05) is 72.8 Å². The van der Waals surface area contributed by atoms with E-state index in [0.29, 0.717) is 35.8 Å². The van der Waals surface area contributed by atoms with Crippen molar-refractivity contribution in [2.45, 2.75) is 13.2 Å². The number of fused-ring (bicyclic) bond motifs is 2. The minimum absolute atomic E-state index is 0.319. The van der Waals surface area contributed by atoms with Gasteiger partial charge >= 0.3 is 0 Å². The van der Waals surface area contributed by atoms with Crippen LogP contribution < -0.4 is 9.47 Å². The Morgan fingerprint density at radius 2 is 0.800 bits per heavy atom. The lowest BCUT2D eigenvalue weighted by Gasteiger charge is -2.09. The van der Waals surface area contributed by atoms with E-state index in [1.165, 1.54) is 10.8 Å². The molecule has 0 bridgehead atoms. The van der Waals surface area contributed by atoms with Crippen LogP contribution in [0.4, 0.5) is 0 Å². The molecule has 6 aromatic rings. The number of ketones is 2. The molecule has 0 saturated heterocycles. The standard InChI is InChI=1S/C36H26O4/c37-35(29-13-17-33(18-14-29)39-23-25-9-11-27-5-1-3-7-31(27)21-25)36(38)30-15-19-34(20-16-30)40-24-26-10-12-28-6-2-4-8-32(28)22-26/h1-22H,23-24H2. The first kappa shape index (κ1) is 25.1. The first-order valence-corrected chi connectivity index (χ1v) is 13.1. The Morgan fingerprint density at radius 3 is 1.20 bits per heavy atom. The molecule has 6 rings (SSSR count). The van der Waals surface area contributed by atoms with Crippen LogP contribution in [0.15, 0.2) is 133 Å². The first-order valence-electron chi connectivity index (χ1n) is 13.1. The summed E-state index contributed by atoms with van der Waals surface area (Å²) in [6.07, 6.45) is 0. The van der Waals surface area contributed by atoms with Crippen LogP contribution in [-0.4, -0.2) is 11.6 Å². The molecule has 194 valence electrons. The summed E-state index contributed by atoms with van der Waals surface area (Å²) in [5.74, 6) is 0.131. The maximum absolute atomic E-state index is 12.8. The second-order valence-electron chi connectivity index (χ2n) is 9.65. The van der Waals surface area contributed by atoms with Crippen molar-refractivity contribution in [3.8, 4) is 11.5 Å². The van der Waals surface area contributed by atoms with E-state index in [9.17, 15) is 9.59 Å². The predicted molar refractivity (Wildman–Crippen MR) is 158 cm³/mol. The summed E-state index contributed by atoms with van der Waals surface area (Å²) in [5, 5.41) is 4.68. The zero-order valence-electron chi connectivity index (χ0n) is 21.7. The fourth-order valence-corrected chi connectivity index (χ4v) is 4.66. The van der Waals surface area contributed by atoms with Gasteiger partial charge in [0.15, 0.2) is 0 Å². The molecule has 0 heterocycles. The first-order chi connectivity index (χ1) is 19.6.